The number of amides is 2. The molecule has 0 saturated carbocycles. The number of fused-ring (bicyclic) bond motifs is 1. The molecule has 0 N–H and O–H groups in total. The number of nitrogens with zero attached hydrogens (tertiary/aromatic N) is 3. The molecule has 3 aliphatic rings. The van der Waals surface area contributed by atoms with Gasteiger partial charge in [0.25, 0.3) is 5.91 Å². The molecule has 3 aliphatic heterocycles. The Hall–Kier alpha value is -2.64. The van der Waals surface area contributed by atoms with Crippen molar-refractivity contribution in [3.63, 3.8) is 0 Å². The molecule has 2 fully saturated rings. The molecule has 0 spiro atoms. The zero-order valence-electron chi connectivity index (χ0n) is 17.9. The smallest absolute Gasteiger partial charge is 0.339 e. The Balaban J connectivity index is 1.66. The Labute approximate surface area is 180 Å². The lowest BCUT2D eigenvalue weighted by Crippen LogP contribution is -2.45. The molecule has 31 heavy (non-hydrogen) atoms. The van der Waals surface area contributed by atoms with Crippen molar-refractivity contribution >= 4 is 17.5 Å². The highest BCUT2D eigenvalue weighted by Crippen LogP contribution is 2.37. The van der Waals surface area contributed by atoms with Crippen molar-refractivity contribution in [3.8, 4) is 0 Å². The van der Waals surface area contributed by atoms with Crippen LogP contribution >= 0.6 is 0 Å². The minimum Gasteiger partial charge on any atom is -0.339 e. The van der Waals surface area contributed by atoms with E-state index in [0.717, 1.165) is 11.8 Å². The van der Waals surface area contributed by atoms with Crippen LogP contribution in [0.2, 0.25) is 0 Å². The Bertz CT molecular complexity index is 875. The summed E-state index contributed by atoms with van der Waals surface area (Å²) in [4.78, 5) is 32.5. The number of hydrogen-bond acceptors (Lipinski definition) is 3. The van der Waals surface area contributed by atoms with Crippen molar-refractivity contribution in [2.45, 2.75) is 39.3 Å². The SMILES string of the molecule is C=C/C(=C(\C=C/C)C1CCN(C(=O)C2=CN=C3CN(C(C)=O)CCC23)CC1)C(F)(F)F. The molecule has 168 valence electrons. The van der Waals surface area contributed by atoms with Crippen molar-refractivity contribution in [3.05, 3.63) is 47.7 Å². The summed E-state index contributed by atoms with van der Waals surface area (Å²) >= 11 is 0. The average Bonchev–Trinajstić information content (AvgIpc) is 3.15. The molecule has 1 unspecified atom stereocenters. The standard InChI is InChI=1S/C23H28F3N3O2/c1-4-6-17(20(5-2)23(24,25)26)16-7-10-28(11-8-16)22(31)19-13-27-21-14-29(15(3)30)12-9-18(19)21/h4-6,13,16,18H,2,7-12,14H2,1,3H3/b6-4-,20-17-. The summed E-state index contributed by atoms with van der Waals surface area (Å²) in [6.45, 7) is 8.38. The second-order valence-electron chi connectivity index (χ2n) is 8.12. The van der Waals surface area contributed by atoms with E-state index in [-0.39, 0.29) is 29.2 Å². The fourth-order valence-corrected chi connectivity index (χ4v) is 4.62. The topological polar surface area (TPSA) is 53.0 Å². The second kappa shape index (κ2) is 9.24. The number of carbonyl (C=O) groups is 2. The highest BCUT2D eigenvalue weighted by molar-refractivity contribution is 6.06. The first-order chi connectivity index (χ1) is 14.7. The van der Waals surface area contributed by atoms with Gasteiger partial charge in [0.05, 0.1) is 12.1 Å². The zero-order chi connectivity index (χ0) is 22.8. The second-order valence-corrected chi connectivity index (χ2v) is 8.12. The molecule has 5 nitrogen and oxygen atoms in total. The zero-order valence-corrected chi connectivity index (χ0v) is 17.9. The van der Waals surface area contributed by atoms with Gasteiger partial charge in [-0.3, -0.25) is 14.6 Å². The number of aliphatic imine (C=N–C) groups is 1. The summed E-state index contributed by atoms with van der Waals surface area (Å²) in [6.07, 6.45) is 2.72. The van der Waals surface area contributed by atoms with Gasteiger partial charge in [-0.15, -0.1) is 0 Å². The van der Waals surface area contributed by atoms with E-state index in [4.69, 9.17) is 0 Å². The van der Waals surface area contributed by atoms with E-state index < -0.39 is 11.7 Å². The van der Waals surface area contributed by atoms with Gasteiger partial charge < -0.3 is 9.80 Å². The Kier molecular flexibility index (Phi) is 6.86. The molecule has 0 aromatic carbocycles. The minimum atomic E-state index is -4.46. The highest BCUT2D eigenvalue weighted by atomic mass is 19.4. The maximum atomic E-state index is 13.4. The summed E-state index contributed by atoms with van der Waals surface area (Å²) in [6, 6.07) is 0. The van der Waals surface area contributed by atoms with Crippen LogP contribution in [0.25, 0.3) is 0 Å². The Morgan fingerprint density at radius 1 is 1.16 bits per heavy atom. The van der Waals surface area contributed by atoms with Gasteiger partial charge in [0.1, 0.15) is 0 Å². The largest absolute Gasteiger partial charge is 0.416 e. The highest BCUT2D eigenvalue weighted by Gasteiger charge is 2.39. The first kappa shape index (κ1) is 23.0. The van der Waals surface area contributed by atoms with Crippen LogP contribution in [0.4, 0.5) is 13.2 Å². The van der Waals surface area contributed by atoms with Gasteiger partial charge in [0.2, 0.25) is 5.91 Å². The third-order valence-corrected chi connectivity index (χ3v) is 6.27. The number of rotatable bonds is 4. The van der Waals surface area contributed by atoms with Crippen molar-refractivity contribution in [2.24, 2.45) is 16.8 Å². The fraction of sp³-hybridized carbons (Fsp3) is 0.522. The molecule has 0 aromatic rings. The number of halogens is 3. The molecule has 0 bridgehead atoms. The predicted molar refractivity (Wildman–Crippen MR) is 113 cm³/mol. The molecule has 8 heteroatoms. The molecule has 2 saturated heterocycles. The third kappa shape index (κ3) is 4.83. The molecule has 0 aliphatic carbocycles. The molecule has 2 amide bonds. The van der Waals surface area contributed by atoms with Crippen LogP contribution in [0.3, 0.4) is 0 Å². The molecule has 0 radical (unpaired) electrons. The number of carbonyl (C=O) groups excluding carboxylic acids is 2. The Morgan fingerprint density at radius 3 is 2.35 bits per heavy atom. The van der Waals surface area contributed by atoms with E-state index in [0.29, 0.717) is 51.0 Å². The lowest BCUT2D eigenvalue weighted by Gasteiger charge is -2.36. The maximum absolute atomic E-state index is 13.4. The monoisotopic (exact) mass is 435 g/mol. The van der Waals surface area contributed by atoms with Gasteiger partial charge >= 0.3 is 6.18 Å². The van der Waals surface area contributed by atoms with E-state index in [1.807, 2.05) is 0 Å². The van der Waals surface area contributed by atoms with Gasteiger partial charge in [-0.25, -0.2) is 0 Å². The molecule has 3 rings (SSSR count). The van der Waals surface area contributed by atoms with Gasteiger partial charge in [-0.1, -0.05) is 24.8 Å². The number of hydrogen-bond donors (Lipinski definition) is 0. The summed E-state index contributed by atoms with van der Waals surface area (Å²) < 4.78 is 40.3. The minimum absolute atomic E-state index is 0.00858. The van der Waals surface area contributed by atoms with E-state index >= 15 is 0 Å². The number of allylic oxidation sites excluding steroid dienone is 5. The normalized spacial score (nSPS) is 23.3. The van der Waals surface area contributed by atoms with Crippen LogP contribution in [0.1, 0.15) is 33.1 Å². The van der Waals surface area contributed by atoms with Gasteiger partial charge in [-0.05, 0) is 37.7 Å². The summed E-state index contributed by atoms with van der Waals surface area (Å²) in [7, 11) is 0. The van der Waals surface area contributed by atoms with Crippen molar-refractivity contribution in [2.75, 3.05) is 26.2 Å². The third-order valence-electron chi connectivity index (χ3n) is 6.27. The molecular formula is C23H28F3N3O2. The molecule has 3 heterocycles. The van der Waals surface area contributed by atoms with E-state index in [1.54, 1.807) is 29.0 Å². The summed E-state index contributed by atoms with van der Waals surface area (Å²) in [5.41, 5.74) is 0.991. The lowest BCUT2D eigenvalue weighted by atomic mass is 9.84. The van der Waals surface area contributed by atoms with Crippen molar-refractivity contribution in [1.29, 1.82) is 0 Å². The lowest BCUT2D eigenvalue weighted by molar-refractivity contribution is -0.129. The van der Waals surface area contributed by atoms with Crippen LogP contribution in [0.15, 0.2) is 52.7 Å². The number of likely N-dealkylation sites (tertiary alicyclic amines) is 2. The quantitative estimate of drug-likeness (QED) is 0.626. The first-order valence-electron chi connectivity index (χ1n) is 10.5. The van der Waals surface area contributed by atoms with Crippen LogP contribution in [0.5, 0.6) is 0 Å². The van der Waals surface area contributed by atoms with Crippen LogP contribution in [0, 0.1) is 11.8 Å². The van der Waals surface area contributed by atoms with Crippen molar-refractivity contribution in [1.82, 2.24) is 9.80 Å². The summed E-state index contributed by atoms with van der Waals surface area (Å²) in [5, 5.41) is 0. The van der Waals surface area contributed by atoms with Gasteiger partial charge in [0, 0.05) is 50.0 Å². The number of alkyl halides is 3. The average molecular weight is 435 g/mol. The molecule has 0 aromatic heterocycles. The van der Waals surface area contributed by atoms with Gasteiger partial charge in [0.15, 0.2) is 0 Å². The van der Waals surface area contributed by atoms with Crippen LogP contribution in [-0.2, 0) is 9.59 Å². The van der Waals surface area contributed by atoms with E-state index in [2.05, 4.69) is 11.6 Å². The summed E-state index contributed by atoms with van der Waals surface area (Å²) in [5.74, 6) is -0.463. The van der Waals surface area contributed by atoms with E-state index in [9.17, 15) is 22.8 Å². The predicted octanol–water partition coefficient (Wildman–Crippen LogP) is 4.05. The number of piperidine rings is 2. The molecule has 1 atom stereocenters. The van der Waals surface area contributed by atoms with E-state index in [1.165, 1.54) is 13.0 Å². The molecular weight excluding hydrogens is 407 g/mol. The fourth-order valence-electron chi connectivity index (χ4n) is 4.62. The van der Waals surface area contributed by atoms with Crippen molar-refractivity contribution < 1.29 is 22.8 Å². The van der Waals surface area contributed by atoms with Crippen LogP contribution < -0.4 is 0 Å². The van der Waals surface area contributed by atoms with Gasteiger partial charge in [-0.2, -0.15) is 13.2 Å². The van der Waals surface area contributed by atoms with Crippen LogP contribution in [-0.4, -0.2) is 59.7 Å². The Morgan fingerprint density at radius 2 is 1.81 bits per heavy atom. The first-order valence-corrected chi connectivity index (χ1v) is 10.5. The maximum Gasteiger partial charge on any atom is 0.416 e.